The molecule has 1 atom stereocenters. The van der Waals surface area contributed by atoms with Gasteiger partial charge < -0.3 is 10.1 Å². The van der Waals surface area contributed by atoms with E-state index in [1.54, 1.807) is 43.3 Å². The number of esters is 1. The minimum Gasteiger partial charge on any atom is -0.458 e. The first kappa shape index (κ1) is 16.7. The van der Waals surface area contributed by atoms with Crippen LogP contribution in [0.1, 0.15) is 31.1 Å². The summed E-state index contributed by atoms with van der Waals surface area (Å²) in [6.07, 6.45) is -0.312. The van der Waals surface area contributed by atoms with E-state index >= 15 is 0 Å². The zero-order valence-corrected chi connectivity index (χ0v) is 13.0. The monoisotopic (exact) mass is 315 g/mol. The maximum absolute atomic E-state index is 12.9. The molecule has 2 aromatic rings. The number of hydrogen-bond acceptors (Lipinski definition) is 3. The van der Waals surface area contributed by atoms with Gasteiger partial charge >= 0.3 is 5.97 Å². The molecule has 1 N–H and O–H groups in total. The van der Waals surface area contributed by atoms with Gasteiger partial charge in [0.1, 0.15) is 11.9 Å². The van der Waals surface area contributed by atoms with E-state index in [0.29, 0.717) is 5.69 Å². The van der Waals surface area contributed by atoms with E-state index in [-0.39, 0.29) is 24.1 Å². The lowest BCUT2D eigenvalue weighted by atomic mass is 10.1. The Labute approximate surface area is 134 Å². The number of carbonyl (C=O) groups excluding carboxylic acids is 2. The van der Waals surface area contributed by atoms with Crippen LogP contribution < -0.4 is 5.32 Å². The number of carbonyl (C=O) groups is 2. The molecule has 120 valence electrons. The summed E-state index contributed by atoms with van der Waals surface area (Å²) in [5.41, 5.74) is 2.20. The van der Waals surface area contributed by atoms with Gasteiger partial charge in [-0.15, -0.1) is 0 Å². The maximum atomic E-state index is 12.9. The molecular formula is C18H18FNO3. The Morgan fingerprint density at radius 3 is 2.26 bits per heavy atom. The third-order valence-electron chi connectivity index (χ3n) is 3.27. The van der Waals surface area contributed by atoms with Crippen LogP contribution in [0, 0.1) is 5.82 Å². The van der Waals surface area contributed by atoms with Crippen molar-refractivity contribution in [2.45, 2.75) is 26.4 Å². The molecule has 0 saturated heterocycles. The van der Waals surface area contributed by atoms with Crippen LogP contribution in [0.5, 0.6) is 0 Å². The Morgan fingerprint density at radius 2 is 1.70 bits per heavy atom. The first-order valence-corrected chi connectivity index (χ1v) is 7.25. The van der Waals surface area contributed by atoms with Gasteiger partial charge in [-0.2, -0.15) is 0 Å². The summed E-state index contributed by atoms with van der Waals surface area (Å²) in [6.45, 7) is 3.17. The second-order valence-corrected chi connectivity index (χ2v) is 5.24. The molecule has 0 fully saturated rings. The number of ether oxygens (including phenoxy) is 1. The van der Waals surface area contributed by atoms with Gasteiger partial charge in [-0.1, -0.05) is 24.3 Å². The number of anilines is 1. The van der Waals surface area contributed by atoms with Crippen LogP contribution in [0.15, 0.2) is 48.5 Å². The zero-order chi connectivity index (χ0) is 16.8. The lowest BCUT2D eigenvalue weighted by molar-refractivity contribution is -0.147. The Hall–Kier alpha value is -2.69. The molecule has 0 aromatic heterocycles. The molecule has 2 rings (SSSR count). The molecule has 0 unspecified atom stereocenters. The molecule has 4 nitrogen and oxygen atoms in total. The van der Waals surface area contributed by atoms with Crippen molar-refractivity contribution in [2.75, 3.05) is 5.32 Å². The molecule has 0 aliphatic rings. The van der Waals surface area contributed by atoms with E-state index < -0.39 is 6.10 Å². The van der Waals surface area contributed by atoms with Crippen molar-refractivity contribution in [1.82, 2.24) is 0 Å². The van der Waals surface area contributed by atoms with E-state index in [4.69, 9.17) is 4.74 Å². The van der Waals surface area contributed by atoms with Gasteiger partial charge in [-0.3, -0.25) is 9.59 Å². The predicted molar refractivity (Wildman–Crippen MR) is 85.4 cm³/mol. The van der Waals surface area contributed by atoms with E-state index in [1.165, 1.54) is 19.1 Å². The second kappa shape index (κ2) is 7.54. The van der Waals surface area contributed by atoms with E-state index in [9.17, 15) is 14.0 Å². The van der Waals surface area contributed by atoms with E-state index in [2.05, 4.69) is 5.32 Å². The Bertz CT molecular complexity index is 680. The number of halogens is 1. The molecule has 23 heavy (non-hydrogen) atoms. The van der Waals surface area contributed by atoms with Crippen LogP contribution in [-0.2, 0) is 20.7 Å². The normalized spacial score (nSPS) is 11.6. The molecule has 0 saturated carbocycles. The fourth-order valence-electron chi connectivity index (χ4n) is 2.12. The highest BCUT2D eigenvalue weighted by atomic mass is 19.1. The quantitative estimate of drug-likeness (QED) is 0.857. The third-order valence-corrected chi connectivity index (χ3v) is 3.27. The topological polar surface area (TPSA) is 55.4 Å². The number of nitrogens with one attached hydrogen (secondary N) is 1. The van der Waals surface area contributed by atoms with Crippen molar-refractivity contribution in [3.05, 3.63) is 65.5 Å². The van der Waals surface area contributed by atoms with Gasteiger partial charge in [0.25, 0.3) is 0 Å². The SMILES string of the molecule is CC(=O)Nc1ccc(CC(=O)O[C@H](C)c2ccc(F)cc2)cc1. The van der Waals surface area contributed by atoms with Gasteiger partial charge in [-0.05, 0) is 42.3 Å². The van der Waals surface area contributed by atoms with E-state index in [1.807, 2.05) is 0 Å². The maximum Gasteiger partial charge on any atom is 0.310 e. The summed E-state index contributed by atoms with van der Waals surface area (Å²) < 4.78 is 18.2. The van der Waals surface area contributed by atoms with Crippen LogP contribution in [-0.4, -0.2) is 11.9 Å². The fourth-order valence-corrected chi connectivity index (χ4v) is 2.12. The minimum atomic E-state index is -0.443. The van der Waals surface area contributed by atoms with Gasteiger partial charge in [-0.25, -0.2) is 4.39 Å². The van der Waals surface area contributed by atoms with Gasteiger partial charge in [0, 0.05) is 12.6 Å². The lowest BCUT2D eigenvalue weighted by Crippen LogP contribution is -2.11. The number of hydrogen-bond donors (Lipinski definition) is 1. The van der Waals surface area contributed by atoms with Gasteiger partial charge in [0.2, 0.25) is 5.91 Å². The standard InChI is InChI=1S/C18H18FNO3/c1-12(15-5-7-16(19)8-6-15)23-18(22)11-14-3-9-17(10-4-14)20-13(2)21/h3-10,12H,11H2,1-2H3,(H,20,21)/t12-/m1/s1. The summed E-state index contributed by atoms with van der Waals surface area (Å²) in [7, 11) is 0. The number of rotatable bonds is 5. The summed E-state index contributed by atoms with van der Waals surface area (Å²) >= 11 is 0. The summed E-state index contributed by atoms with van der Waals surface area (Å²) in [6, 6.07) is 12.8. The first-order valence-electron chi connectivity index (χ1n) is 7.25. The molecule has 0 spiro atoms. The van der Waals surface area contributed by atoms with Gasteiger partial charge in [0.05, 0.1) is 6.42 Å². The predicted octanol–water partition coefficient (Wildman–Crippen LogP) is 3.63. The Kier molecular flexibility index (Phi) is 5.46. The number of benzene rings is 2. The zero-order valence-electron chi connectivity index (χ0n) is 13.0. The molecule has 5 heteroatoms. The van der Waals surface area contributed by atoms with Crippen LogP contribution in [0.2, 0.25) is 0 Å². The molecular weight excluding hydrogens is 297 g/mol. The smallest absolute Gasteiger partial charge is 0.310 e. The first-order chi connectivity index (χ1) is 10.9. The molecule has 0 bridgehead atoms. The average molecular weight is 315 g/mol. The highest BCUT2D eigenvalue weighted by molar-refractivity contribution is 5.88. The summed E-state index contributed by atoms with van der Waals surface area (Å²) in [5.74, 6) is -0.842. The highest BCUT2D eigenvalue weighted by Gasteiger charge is 2.12. The summed E-state index contributed by atoms with van der Waals surface area (Å²) in [5, 5.41) is 2.66. The molecule has 0 heterocycles. The summed E-state index contributed by atoms with van der Waals surface area (Å²) in [4.78, 5) is 22.9. The van der Waals surface area contributed by atoms with Crippen molar-refractivity contribution < 1.29 is 18.7 Å². The number of amides is 1. The van der Waals surface area contributed by atoms with Crippen LogP contribution >= 0.6 is 0 Å². The molecule has 2 aromatic carbocycles. The average Bonchev–Trinajstić information content (AvgIpc) is 2.49. The largest absolute Gasteiger partial charge is 0.458 e. The Morgan fingerprint density at radius 1 is 1.09 bits per heavy atom. The highest BCUT2D eigenvalue weighted by Crippen LogP contribution is 2.18. The van der Waals surface area contributed by atoms with Crippen LogP contribution in [0.4, 0.5) is 10.1 Å². The van der Waals surface area contributed by atoms with Crippen molar-refractivity contribution in [3.63, 3.8) is 0 Å². The van der Waals surface area contributed by atoms with Crippen LogP contribution in [0.3, 0.4) is 0 Å². The van der Waals surface area contributed by atoms with Crippen molar-refractivity contribution in [3.8, 4) is 0 Å². The van der Waals surface area contributed by atoms with Gasteiger partial charge in [0.15, 0.2) is 0 Å². The fraction of sp³-hybridized carbons (Fsp3) is 0.222. The molecule has 0 aliphatic heterocycles. The molecule has 1 amide bonds. The third kappa shape index (κ3) is 5.21. The van der Waals surface area contributed by atoms with E-state index in [0.717, 1.165) is 11.1 Å². The molecule has 0 aliphatic carbocycles. The van der Waals surface area contributed by atoms with Crippen molar-refractivity contribution in [2.24, 2.45) is 0 Å². The molecule has 0 radical (unpaired) electrons. The lowest BCUT2D eigenvalue weighted by Gasteiger charge is -2.13. The van der Waals surface area contributed by atoms with Crippen molar-refractivity contribution >= 4 is 17.6 Å². The van der Waals surface area contributed by atoms with Crippen molar-refractivity contribution in [1.29, 1.82) is 0 Å². The minimum absolute atomic E-state index is 0.131. The Balaban J connectivity index is 1.91. The second-order valence-electron chi connectivity index (χ2n) is 5.24. The van der Waals surface area contributed by atoms with Crippen LogP contribution in [0.25, 0.3) is 0 Å².